The number of imide groups is 1. The van der Waals surface area contributed by atoms with Gasteiger partial charge in [0.2, 0.25) is 29.5 Å². The molecule has 0 aromatic rings. The van der Waals surface area contributed by atoms with Crippen LogP contribution in [0.3, 0.4) is 0 Å². The number of likely N-dealkylation sites (tertiary alicyclic amines) is 1. The lowest BCUT2D eigenvalue weighted by Gasteiger charge is -2.14. The Morgan fingerprint density at radius 3 is 2.14 bits per heavy atom. The summed E-state index contributed by atoms with van der Waals surface area (Å²) in [5.41, 5.74) is 0. The summed E-state index contributed by atoms with van der Waals surface area (Å²) in [4.78, 5) is 70.5. The topological polar surface area (TPSA) is 142 Å². The molecule has 0 saturated carbocycles. The zero-order chi connectivity index (χ0) is 21.1. The molecule has 0 aliphatic carbocycles. The Labute approximate surface area is 163 Å². The number of nitrogens with zero attached hydrogens (tertiary/aromatic N) is 1. The smallest absolute Gasteiger partial charge is 0.239 e. The second kappa shape index (κ2) is 11.8. The molecule has 1 rings (SSSR count). The van der Waals surface area contributed by atoms with Crippen molar-refractivity contribution in [3.8, 4) is 0 Å². The van der Waals surface area contributed by atoms with Gasteiger partial charge in [0.15, 0.2) is 0 Å². The van der Waals surface area contributed by atoms with Crippen LogP contribution in [0.2, 0.25) is 0 Å². The Bertz CT molecular complexity index is 634. The van der Waals surface area contributed by atoms with E-state index in [1.807, 2.05) is 6.92 Å². The van der Waals surface area contributed by atoms with Crippen molar-refractivity contribution in [1.82, 2.24) is 20.9 Å². The van der Waals surface area contributed by atoms with E-state index in [0.717, 1.165) is 0 Å². The fraction of sp³-hybridized carbons (Fsp3) is 0.667. The summed E-state index contributed by atoms with van der Waals surface area (Å²) in [5, 5.41) is 7.25. The van der Waals surface area contributed by atoms with Crippen molar-refractivity contribution in [2.24, 2.45) is 5.92 Å². The number of rotatable bonds is 12. The minimum absolute atomic E-state index is 0.0457. The molecule has 0 aromatic heterocycles. The summed E-state index contributed by atoms with van der Waals surface area (Å²) in [6, 6.07) is 0. The van der Waals surface area contributed by atoms with E-state index < -0.39 is 11.8 Å². The van der Waals surface area contributed by atoms with Crippen molar-refractivity contribution < 1.29 is 28.8 Å². The fourth-order valence-corrected chi connectivity index (χ4v) is 2.65. The molecule has 156 valence electrons. The first-order valence-corrected chi connectivity index (χ1v) is 9.38. The van der Waals surface area contributed by atoms with E-state index in [1.54, 1.807) is 0 Å². The highest BCUT2D eigenvalue weighted by Gasteiger charge is 2.36. The predicted molar refractivity (Wildman–Crippen MR) is 98.7 cm³/mol. The molecule has 1 atom stereocenters. The van der Waals surface area contributed by atoms with Crippen LogP contribution < -0.4 is 16.0 Å². The Balaban J connectivity index is 2.15. The van der Waals surface area contributed by atoms with Crippen LogP contribution in [0.1, 0.15) is 46.0 Å². The molecule has 0 spiro atoms. The number of amides is 5. The van der Waals surface area contributed by atoms with Crippen molar-refractivity contribution in [3.63, 3.8) is 0 Å². The second-order valence-corrected chi connectivity index (χ2v) is 6.65. The Morgan fingerprint density at radius 2 is 1.57 bits per heavy atom. The van der Waals surface area contributed by atoms with E-state index in [1.165, 1.54) is 11.8 Å². The average molecular weight is 396 g/mol. The molecule has 1 saturated heterocycles. The molecule has 1 fully saturated rings. The lowest BCUT2D eigenvalue weighted by Crippen LogP contribution is -2.42. The van der Waals surface area contributed by atoms with Crippen LogP contribution in [0.25, 0.3) is 0 Å². The van der Waals surface area contributed by atoms with Crippen LogP contribution in [-0.4, -0.2) is 66.4 Å². The molecule has 1 aliphatic rings. The van der Waals surface area contributed by atoms with E-state index in [0.29, 0.717) is 12.8 Å². The number of ketones is 1. The van der Waals surface area contributed by atoms with Crippen molar-refractivity contribution in [2.45, 2.75) is 46.0 Å². The van der Waals surface area contributed by atoms with E-state index in [9.17, 15) is 28.8 Å². The van der Waals surface area contributed by atoms with Crippen LogP contribution in [0.4, 0.5) is 0 Å². The summed E-state index contributed by atoms with van der Waals surface area (Å²) in [6.45, 7) is 3.15. The van der Waals surface area contributed by atoms with Gasteiger partial charge in [-0.05, 0) is 19.8 Å². The number of Topliss-reactive ketones (excluding diaryl/α,β-unsaturated/α-hetero) is 1. The first-order chi connectivity index (χ1) is 13.2. The van der Waals surface area contributed by atoms with Gasteiger partial charge < -0.3 is 16.0 Å². The highest BCUT2D eigenvalue weighted by molar-refractivity contribution is 6.03. The average Bonchev–Trinajstić information content (AvgIpc) is 2.91. The van der Waals surface area contributed by atoms with Gasteiger partial charge in [0.05, 0.1) is 13.1 Å². The molecule has 3 N–H and O–H groups in total. The van der Waals surface area contributed by atoms with E-state index >= 15 is 0 Å². The lowest BCUT2D eigenvalue weighted by molar-refractivity contribution is -0.140. The van der Waals surface area contributed by atoms with Gasteiger partial charge in [-0.25, -0.2) is 0 Å². The third-order valence-electron chi connectivity index (χ3n) is 4.31. The normalized spacial score (nSPS) is 16.1. The Kier molecular flexibility index (Phi) is 9.83. The van der Waals surface area contributed by atoms with Crippen LogP contribution in [-0.2, 0) is 28.8 Å². The third kappa shape index (κ3) is 8.28. The molecule has 0 radical (unpaired) electrons. The van der Waals surface area contributed by atoms with Crippen molar-refractivity contribution >= 4 is 35.3 Å². The van der Waals surface area contributed by atoms with Crippen molar-refractivity contribution in [1.29, 1.82) is 0 Å². The lowest BCUT2D eigenvalue weighted by atomic mass is 10.1. The zero-order valence-electron chi connectivity index (χ0n) is 16.3. The summed E-state index contributed by atoms with van der Waals surface area (Å²) in [6.07, 6.45) is 1.46. The van der Waals surface area contributed by atoms with Crippen LogP contribution >= 0.6 is 0 Å². The molecule has 1 aliphatic heterocycles. The predicted octanol–water partition coefficient (Wildman–Crippen LogP) is -1.12. The highest BCUT2D eigenvalue weighted by atomic mass is 16.2. The SMILES string of the molecule is CCC1CC(=O)N(CCCC(=O)NCC(=O)NCC(=O)NCCC(C)=O)C1=O. The molecule has 1 unspecified atom stereocenters. The van der Waals surface area contributed by atoms with Crippen LogP contribution in [0.15, 0.2) is 0 Å². The number of carbonyl (C=O) groups excluding carboxylic acids is 6. The highest BCUT2D eigenvalue weighted by Crippen LogP contribution is 2.22. The molecule has 28 heavy (non-hydrogen) atoms. The summed E-state index contributed by atoms with van der Waals surface area (Å²) in [7, 11) is 0. The first kappa shape index (κ1) is 23.3. The quantitative estimate of drug-likeness (QED) is 0.357. The van der Waals surface area contributed by atoms with Crippen LogP contribution in [0, 0.1) is 5.92 Å². The minimum atomic E-state index is -0.522. The minimum Gasteiger partial charge on any atom is -0.354 e. The maximum absolute atomic E-state index is 12.0. The second-order valence-electron chi connectivity index (χ2n) is 6.65. The van der Waals surface area contributed by atoms with Crippen molar-refractivity contribution in [3.05, 3.63) is 0 Å². The maximum atomic E-state index is 12.0. The number of hydrogen-bond donors (Lipinski definition) is 3. The summed E-state index contributed by atoms with van der Waals surface area (Å²) in [5.74, 6) is -2.03. The van der Waals surface area contributed by atoms with Gasteiger partial charge in [0.1, 0.15) is 5.78 Å². The van der Waals surface area contributed by atoms with Crippen molar-refractivity contribution in [2.75, 3.05) is 26.2 Å². The fourth-order valence-electron chi connectivity index (χ4n) is 2.65. The zero-order valence-corrected chi connectivity index (χ0v) is 16.3. The first-order valence-electron chi connectivity index (χ1n) is 9.38. The molecule has 10 nitrogen and oxygen atoms in total. The van der Waals surface area contributed by atoms with Gasteiger partial charge in [0, 0.05) is 38.3 Å². The molecule has 1 heterocycles. The Hall–Kier alpha value is -2.78. The third-order valence-corrected chi connectivity index (χ3v) is 4.31. The van der Waals surface area contributed by atoms with E-state index in [4.69, 9.17) is 0 Å². The monoisotopic (exact) mass is 396 g/mol. The van der Waals surface area contributed by atoms with Crippen LogP contribution in [0.5, 0.6) is 0 Å². The molecular weight excluding hydrogens is 368 g/mol. The summed E-state index contributed by atoms with van der Waals surface area (Å²) < 4.78 is 0. The number of hydrogen-bond acceptors (Lipinski definition) is 6. The molecule has 0 aromatic carbocycles. The van der Waals surface area contributed by atoms with Gasteiger partial charge in [-0.2, -0.15) is 0 Å². The van der Waals surface area contributed by atoms with E-state index in [2.05, 4.69) is 16.0 Å². The van der Waals surface area contributed by atoms with Gasteiger partial charge in [0.25, 0.3) is 0 Å². The van der Waals surface area contributed by atoms with E-state index in [-0.39, 0.29) is 74.9 Å². The summed E-state index contributed by atoms with van der Waals surface area (Å²) >= 11 is 0. The molecular formula is C18H28N4O6. The molecule has 5 amide bonds. The Morgan fingerprint density at radius 1 is 0.964 bits per heavy atom. The van der Waals surface area contributed by atoms with Gasteiger partial charge in [-0.15, -0.1) is 0 Å². The maximum Gasteiger partial charge on any atom is 0.239 e. The largest absolute Gasteiger partial charge is 0.354 e. The van der Waals surface area contributed by atoms with Gasteiger partial charge in [-0.1, -0.05) is 6.92 Å². The standard InChI is InChI=1S/C18H28N4O6/c1-3-13-9-17(27)22(18(13)28)8-4-5-14(24)20-11-16(26)21-10-15(25)19-7-6-12(2)23/h13H,3-11H2,1-2H3,(H,19,25)(H,20,24)(H,21,26). The van der Waals surface area contributed by atoms with Gasteiger partial charge >= 0.3 is 0 Å². The van der Waals surface area contributed by atoms with Gasteiger partial charge in [-0.3, -0.25) is 33.7 Å². The molecule has 0 bridgehead atoms. The number of carbonyl (C=O) groups is 6. The molecule has 10 heteroatoms. The number of nitrogens with one attached hydrogen (secondary N) is 3.